The molecule has 0 saturated carbocycles. The normalized spacial score (nSPS) is 21.9. The van der Waals surface area contributed by atoms with E-state index in [4.69, 9.17) is 4.74 Å². The van der Waals surface area contributed by atoms with E-state index in [2.05, 4.69) is 5.32 Å². The van der Waals surface area contributed by atoms with E-state index in [1.54, 1.807) is 0 Å². The average Bonchev–Trinajstić information content (AvgIpc) is 2.02. The molecule has 4 heteroatoms. The molecule has 0 aromatic rings. The summed E-state index contributed by atoms with van der Waals surface area (Å²) in [6.45, 7) is 6.98. The molecule has 14 heavy (non-hydrogen) atoms. The van der Waals surface area contributed by atoms with Crippen LogP contribution in [0.5, 0.6) is 0 Å². The molecule has 0 aliphatic carbocycles. The first-order chi connectivity index (χ1) is 6.36. The molecule has 0 amide bonds. The van der Waals surface area contributed by atoms with E-state index in [1.165, 1.54) is 0 Å². The van der Waals surface area contributed by atoms with Gasteiger partial charge in [0.05, 0.1) is 0 Å². The van der Waals surface area contributed by atoms with Crippen molar-refractivity contribution in [2.45, 2.75) is 44.7 Å². The lowest BCUT2D eigenvalue weighted by molar-refractivity contribution is -0.150. The maximum atomic E-state index is 11.2. The van der Waals surface area contributed by atoms with Crippen molar-refractivity contribution in [2.75, 3.05) is 13.2 Å². The van der Waals surface area contributed by atoms with E-state index in [0.717, 1.165) is 0 Å². The third kappa shape index (κ3) is 2.69. The lowest BCUT2D eigenvalue weighted by atomic mass is 9.87. The Morgan fingerprint density at radius 1 is 1.36 bits per heavy atom. The molecule has 4 nitrogen and oxygen atoms in total. The Morgan fingerprint density at radius 2 is 1.86 bits per heavy atom. The molecule has 1 heterocycles. The second kappa shape index (κ2) is 3.87. The van der Waals surface area contributed by atoms with Gasteiger partial charge in [0.1, 0.15) is 5.54 Å². The lowest BCUT2D eigenvalue weighted by Crippen LogP contribution is -2.61. The highest BCUT2D eigenvalue weighted by Crippen LogP contribution is 2.24. The molecule has 0 spiro atoms. The number of carboxylic acid groups (broad SMARTS) is 1. The van der Waals surface area contributed by atoms with Gasteiger partial charge in [-0.05, 0) is 33.6 Å². The predicted molar refractivity (Wildman–Crippen MR) is 53.3 cm³/mol. The summed E-state index contributed by atoms with van der Waals surface area (Å²) < 4.78 is 5.19. The zero-order valence-electron chi connectivity index (χ0n) is 9.09. The Hall–Kier alpha value is -0.610. The lowest BCUT2D eigenvalue weighted by Gasteiger charge is -2.39. The smallest absolute Gasteiger partial charge is 0.324 e. The van der Waals surface area contributed by atoms with Gasteiger partial charge in [-0.1, -0.05) is 0 Å². The van der Waals surface area contributed by atoms with Gasteiger partial charge >= 0.3 is 5.97 Å². The van der Waals surface area contributed by atoms with Crippen molar-refractivity contribution in [2.24, 2.45) is 0 Å². The van der Waals surface area contributed by atoms with Crippen LogP contribution in [0.4, 0.5) is 0 Å². The molecule has 1 aliphatic heterocycles. The van der Waals surface area contributed by atoms with Gasteiger partial charge < -0.3 is 9.84 Å². The second-order valence-corrected chi connectivity index (χ2v) is 4.87. The van der Waals surface area contributed by atoms with Crippen molar-refractivity contribution >= 4 is 5.97 Å². The number of hydrogen-bond donors (Lipinski definition) is 2. The molecule has 1 rings (SSSR count). The highest BCUT2D eigenvalue weighted by atomic mass is 16.5. The molecule has 1 aliphatic rings. The third-order valence-electron chi connectivity index (χ3n) is 2.37. The van der Waals surface area contributed by atoms with Crippen LogP contribution in [0.2, 0.25) is 0 Å². The molecule has 1 saturated heterocycles. The van der Waals surface area contributed by atoms with Crippen molar-refractivity contribution in [3.05, 3.63) is 0 Å². The van der Waals surface area contributed by atoms with Gasteiger partial charge in [-0.15, -0.1) is 0 Å². The first-order valence-electron chi connectivity index (χ1n) is 4.96. The first kappa shape index (κ1) is 11.5. The van der Waals surface area contributed by atoms with Crippen LogP contribution in [0.3, 0.4) is 0 Å². The molecular weight excluding hydrogens is 182 g/mol. The monoisotopic (exact) mass is 201 g/mol. The van der Waals surface area contributed by atoms with E-state index < -0.39 is 11.5 Å². The quantitative estimate of drug-likeness (QED) is 0.700. The molecule has 0 aromatic carbocycles. The number of rotatable bonds is 2. The second-order valence-electron chi connectivity index (χ2n) is 4.87. The minimum atomic E-state index is -0.795. The van der Waals surface area contributed by atoms with Crippen LogP contribution in [-0.2, 0) is 9.53 Å². The Morgan fingerprint density at radius 3 is 2.21 bits per heavy atom. The van der Waals surface area contributed by atoms with Gasteiger partial charge in [-0.2, -0.15) is 0 Å². The number of aliphatic carboxylic acids is 1. The standard InChI is InChI=1S/C10H19NO3/c1-9(2,3)11-10(8(12)13)4-6-14-7-5-10/h11H,4-7H2,1-3H3,(H,12,13). The molecule has 0 unspecified atom stereocenters. The van der Waals surface area contributed by atoms with Crippen molar-refractivity contribution in [3.63, 3.8) is 0 Å². The number of carboxylic acids is 1. The summed E-state index contributed by atoms with van der Waals surface area (Å²) in [5.74, 6) is -0.768. The Kier molecular flexibility index (Phi) is 3.17. The van der Waals surface area contributed by atoms with E-state index in [9.17, 15) is 9.90 Å². The van der Waals surface area contributed by atoms with Crippen molar-refractivity contribution in [3.8, 4) is 0 Å². The molecule has 82 valence electrons. The summed E-state index contributed by atoms with van der Waals surface area (Å²) in [5.41, 5.74) is -0.980. The Bertz CT molecular complexity index is 214. The zero-order chi connectivity index (χ0) is 10.8. The molecule has 1 fully saturated rings. The third-order valence-corrected chi connectivity index (χ3v) is 2.37. The molecule has 0 aromatic heterocycles. The van der Waals surface area contributed by atoms with Crippen molar-refractivity contribution < 1.29 is 14.6 Å². The van der Waals surface area contributed by atoms with Gasteiger partial charge in [0.25, 0.3) is 0 Å². The maximum Gasteiger partial charge on any atom is 0.324 e. The summed E-state index contributed by atoms with van der Waals surface area (Å²) in [5, 5.41) is 12.4. The summed E-state index contributed by atoms with van der Waals surface area (Å²) in [4.78, 5) is 11.2. The van der Waals surface area contributed by atoms with Gasteiger partial charge in [-0.3, -0.25) is 10.1 Å². The highest BCUT2D eigenvalue weighted by molar-refractivity contribution is 5.79. The molecule has 2 N–H and O–H groups in total. The fourth-order valence-electron chi connectivity index (χ4n) is 1.83. The summed E-state index contributed by atoms with van der Waals surface area (Å²) in [7, 11) is 0. The summed E-state index contributed by atoms with van der Waals surface area (Å²) in [6.07, 6.45) is 1.08. The van der Waals surface area contributed by atoms with E-state index >= 15 is 0 Å². The number of ether oxygens (including phenoxy) is 1. The number of nitrogens with one attached hydrogen (secondary N) is 1. The summed E-state index contributed by atoms with van der Waals surface area (Å²) in [6, 6.07) is 0. The Labute approximate surface area is 84.6 Å². The highest BCUT2D eigenvalue weighted by Gasteiger charge is 2.42. The van der Waals surface area contributed by atoms with E-state index in [-0.39, 0.29) is 5.54 Å². The summed E-state index contributed by atoms with van der Waals surface area (Å²) >= 11 is 0. The van der Waals surface area contributed by atoms with Gasteiger partial charge in [-0.25, -0.2) is 0 Å². The van der Waals surface area contributed by atoms with Crippen LogP contribution in [0.25, 0.3) is 0 Å². The number of carbonyl (C=O) groups is 1. The molecular formula is C10H19NO3. The van der Waals surface area contributed by atoms with E-state index in [0.29, 0.717) is 26.1 Å². The first-order valence-corrected chi connectivity index (χ1v) is 4.96. The van der Waals surface area contributed by atoms with Crippen LogP contribution < -0.4 is 5.32 Å². The van der Waals surface area contributed by atoms with Gasteiger partial charge in [0, 0.05) is 18.8 Å². The van der Waals surface area contributed by atoms with Gasteiger partial charge in [0.2, 0.25) is 0 Å². The topological polar surface area (TPSA) is 58.6 Å². The minimum Gasteiger partial charge on any atom is -0.480 e. The van der Waals surface area contributed by atoms with E-state index in [1.807, 2.05) is 20.8 Å². The van der Waals surface area contributed by atoms with Crippen LogP contribution in [0.15, 0.2) is 0 Å². The average molecular weight is 201 g/mol. The van der Waals surface area contributed by atoms with Crippen LogP contribution in [0.1, 0.15) is 33.6 Å². The largest absolute Gasteiger partial charge is 0.480 e. The van der Waals surface area contributed by atoms with Crippen LogP contribution in [0, 0.1) is 0 Å². The molecule has 0 bridgehead atoms. The SMILES string of the molecule is CC(C)(C)NC1(C(=O)O)CCOCC1. The molecule has 0 atom stereocenters. The fraction of sp³-hybridized carbons (Fsp3) is 0.900. The van der Waals surface area contributed by atoms with Gasteiger partial charge in [0.15, 0.2) is 0 Å². The maximum absolute atomic E-state index is 11.2. The molecule has 0 radical (unpaired) electrons. The zero-order valence-corrected chi connectivity index (χ0v) is 9.09. The fourth-order valence-corrected chi connectivity index (χ4v) is 1.83. The van der Waals surface area contributed by atoms with Crippen molar-refractivity contribution in [1.29, 1.82) is 0 Å². The van der Waals surface area contributed by atoms with Crippen LogP contribution in [-0.4, -0.2) is 35.4 Å². The Balaban J connectivity index is 2.76. The van der Waals surface area contributed by atoms with Crippen LogP contribution >= 0.6 is 0 Å². The number of hydrogen-bond acceptors (Lipinski definition) is 3. The minimum absolute atomic E-state index is 0.185. The van der Waals surface area contributed by atoms with Crippen molar-refractivity contribution in [1.82, 2.24) is 5.32 Å². The predicted octanol–water partition coefficient (Wildman–Crippen LogP) is 1.01.